The summed E-state index contributed by atoms with van der Waals surface area (Å²) in [4.78, 5) is 23.8. The lowest BCUT2D eigenvalue weighted by Gasteiger charge is -2.08. The van der Waals surface area contributed by atoms with Gasteiger partial charge >= 0.3 is 11.5 Å². The van der Waals surface area contributed by atoms with Gasteiger partial charge in [0.2, 0.25) is 0 Å². The van der Waals surface area contributed by atoms with Gasteiger partial charge in [0.15, 0.2) is 6.61 Å². The van der Waals surface area contributed by atoms with Crippen molar-refractivity contribution in [3.8, 4) is 0 Å². The van der Waals surface area contributed by atoms with Crippen LogP contribution in [0.25, 0.3) is 0 Å². The predicted octanol–water partition coefficient (Wildman–Crippen LogP) is 3.44. The van der Waals surface area contributed by atoms with Crippen LogP contribution < -0.4 is 5.32 Å². The number of nitrogens with zero attached hydrogens (tertiary/aromatic N) is 2. The van der Waals surface area contributed by atoms with Crippen LogP contribution in [0.2, 0.25) is 0 Å². The van der Waals surface area contributed by atoms with Crippen molar-refractivity contribution in [1.82, 2.24) is 9.78 Å². The minimum absolute atomic E-state index is 0.0469. The van der Waals surface area contributed by atoms with Gasteiger partial charge < -0.3 is 10.1 Å². The molecule has 10 heteroatoms. The van der Waals surface area contributed by atoms with Crippen LogP contribution in [-0.4, -0.2) is 33.8 Å². The van der Waals surface area contributed by atoms with Crippen molar-refractivity contribution in [3.05, 3.63) is 41.2 Å². The zero-order valence-electron chi connectivity index (χ0n) is 14.2. The molecule has 1 N–H and O–H groups in total. The molecule has 1 amide bonds. The van der Waals surface area contributed by atoms with Crippen LogP contribution in [0, 0.1) is 13.8 Å². The highest BCUT2D eigenvalue weighted by Gasteiger charge is 2.29. The lowest BCUT2D eigenvalue weighted by atomic mass is 10.2. The molecule has 2 aromatic rings. The molecule has 0 spiro atoms. The summed E-state index contributed by atoms with van der Waals surface area (Å²) in [5.74, 6) is -1.34. The zero-order valence-corrected chi connectivity index (χ0v) is 15.0. The Hall–Kier alpha value is -2.49. The van der Waals surface area contributed by atoms with Gasteiger partial charge in [-0.3, -0.25) is 9.48 Å². The van der Waals surface area contributed by atoms with E-state index in [4.69, 9.17) is 4.74 Å². The number of amides is 1. The fraction of sp³-hybridized carbons (Fsp3) is 0.312. The van der Waals surface area contributed by atoms with Crippen molar-refractivity contribution in [2.45, 2.75) is 24.3 Å². The fourth-order valence-corrected chi connectivity index (χ4v) is 2.68. The molecule has 6 nitrogen and oxygen atoms in total. The lowest BCUT2D eigenvalue weighted by molar-refractivity contribution is -0.119. The van der Waals surface area contributed by atoms with Crippen molar-refractivity contribution < 1.29 is 27.5 Å². The number of benzene rings is 1. The third kappa shape index (κ3) is 5.25. The number of hydrogen-bond donors (Lipinski definition) is 1. The van der Waals surface area contributed by atoms with Gasteiger partial charge in [-0.05, 0) is 49.9 Å². The van der Waals surface area contributed by atoms with Crippen molar-refractivity contribution >= 4 is 29.3 Å². The molecule has 0 atom stereocenters. The average molecular weight is 387 g/mol. The number of carbonyl (C=O) groups is 2. The van der Waals surface area contributed by atoms with Gasteiger partial charge in [0.05, 0.1) is 22.6 Å². The van der Waals surface area contributed by atoms with Crippen molar-refractivity contribution in [2.24, 2.45) is 7.05 Å². The highest BCUT2D eigenvalue weighted by atomic mass is 32.2. The number of nitrogens with one attached hydrogen (secondary N) is 1. The Morgan fingerprint density at radius 3 is 2.35 bits per heavy atom. The molecule has 1 aromatic carbocycles. The summed E-state index contributed by atoms with van der Waals surface area (Å²) in [6.45, 7) is 2.99. The van der Waals surface area contributed by atoms with Crippen LogP contribution >= 0.6 is 11.8 Å². The number of aryl methyl sites for hydroxylation is 2. The summed E-state index contributed by atoms with van der Waals surface area (Å²) < 4.78 is 43.3. The van der Waals surface area contributed by atoms with Crippen molar-refractivity contribution in [2.75, 3.05) is 11.9 Å². The molecular weight excluding hydrogens is 371 g/mol. The van der Waals surface area contributed by atoms with Gasteiger partial charge in [-0.25, -0.2) is 4.79 Å². The van der Waals surface area contributed by atoms with Gasteiger partial charge in [-0.2, -0.15) is 18.3 Å². The smallest absolute Gasteiger partial charge is 0.446 e. The molecule has 0 unspecified atom stereocenters. The van der Waals surface area contributed by atoms with Crippen LogP contribution in [0.1, 0.15) is 21.7 Å². The number of carbonyl (C=O) groups excluding carboxylic acids is 2. The van der Waals surface area contributed by atoms with Gasteiger partial charge in [0.1, 0.15) is 0 Å². The minimum Gasteiger partial charge on any atom is -0.452 e. The first-order valence-corrected chi connectivity index (χ1v) is 8.21. The monoisotopic (exact) mass is 387 g/mol. The molecular formula is C16H16F3N3O3S. The Balaban J connectivity index is 1.90. The largest absolute Gasteiger partial charge is 0.452 e. The van der Waals surface area contributed by atoms with E-state index >= 15 is 0 Å². The molecule has 0 aliphatic heterocycles. The molecule has 140 valence electrons. The van der Waals surface area contributed by atoms with Crippen LogP contribution in [0.3, 0.4) is 0 Å². The van der Waals surface area contributed by atoms with E-state index in [1.807, 2.05) is 0 Å². The number of halogens is 3. The predicted molar refractivity (Wildman–Crippen MR) is 89.9 cm³/mol. The van der Waals surface area contributed by atoms with E-state index < -0.39 is 24.0 Å². The molecule has 0 fully saturated rings. The number of ether oxygens (including phenoxy) is 1. The number of aromatic nitrogens is 2. The Morgan fingerprint density at radius 1 is 1.23 bits per heavy atom. The normalized spacial score (nSPS) is 11.3. The molecule has 2 rings (SSSR count). The van der Waals surface area contributed by atoms with Gasteiger partial charge in [-0.15, -0.1) is 0 Å². The summed E-state index contributed by atoms with van der Waals surface area (Å²) in [6, 6.07) is 4.75. The number of hydrogen-bond acceptors (Lipinski definition) is 5. The minimum atomic E-state index is -4.40. The molecule has 0 saturated heterocycles. The lowest BCUT2D eigenvalue weighted by Crippen LogP contribution is -2.21. The summed E-state index contributed by atoms with van der Waals surface area (Å²) in [7, 11) is 1.73. The SMILES string of the molecule is Cc1nn(C)c(C)c1NC(=O)COC(=O)c1ccc(SC(F)(F)F)cc1. The molecule has 0 aliphatic rings. The molecule has 0 aliphatic carbocycles. The molecule has 0 bridgehead atoms. The quantitative estimate of drug-likeness (QED) is 0.628. The van der Waals surface area contributed by atoms with Crippen molar-refractivity contribution in [3.63, 3.8) is 0 Å². The second-order valence-corrected chi connectivity index (χ2v) is 6.50. The summed E-state index contributed by atoms with van der Waals surface area (Å²) in [5, 5.41) is 6.77. The first-order valence-electron chi connectivity index (χ1n) is 7.40. The number of alkyl halides is 3. The van der Waals surface area contributed by atoms with E-state index in [-0.39, 0.29) is 22.2 Å². The van der Waals surface area contributed by atoms with Gasteiger partial charge in [0, 0.05) is 11.9 Å². The van der Waals surface area contributed by atoms with Crippen LogP contribution in [0.4, 0.5) is 18.9 Å². The Kier molecular flexibility index (Phi) is 5.96. The maximum atomic E-state index is 12.3. The number of anilines is 1. The van der Waals surface area contributed by atoms with E-state index in [2.05, 4.69) is 10.4 Å². The topological polar surface area (TPSA) is 73.2 Å². The summed E-state index contributed by atoms with van der Waals surface area (Å²) in [5.41, 5.74) is -2.43. The van der Waals surface area contributed by atoms with Gasteiger partial charge in [0.25, 0.3) is 5.91 Å². The van der Waals surface area contributed by atoms with E-state index in [1.165, 1.54) is 12.1 Å². The third-order valence-electron chi connectivity index (χ3n) is 3.43. The van der Waals surface area contributed by atoms with Crippen LogP contribution in [-0.2, 0) is 16.6 Å². The van der Waals surface area contributed by atoms with Crippen LogP contribution in [0.15, 0.2) is 29.2 Å². The van der Waals surface area contributed by atoms with E-state index in [0.29, 0.717) is 11.4 Å². The maximum Gasteiger partial charge on any atom is 0.446 e. The van der Waals surface area contributed by atoms with Crippen LogP contribution in [0.5, 0.6) is 0 Å². The molecule has 0 radical (unpaired) electrons. The summed E-state index contributed by atoms with van der Waals surface area (Å²) in [6.07, 6.45) is 0. The molecule has 26 heavy (non-hydrogen) atoms. The standard InChI is InChI=1S/C16H16F3N3O3S/c1-9-14(10(2)22(3)21-9)20-13(23)8-25-15(24)11-4-6-12(7-5-11)26-16(17,18)19/h4-7H,8H2,1-3H3,(H,20,23). The van der Waals surface area contributed by atoms with E-state index in [9.17, 15) is 22.8 Å². The summed E-state index contributed by atoms with van der Waals surface area (Å²) >= 11 is -0.279. The highest BCUT2D eigenvalue weighted by molar-refractivity contribution is 8.00. The second-order valence-electron chi connectivity index (χ2n) is 5.37. The average Bonchev–Trinajstić information content (AvgIpc) is 2.78. The second kappa shape index (κ2) is 7.81. The first kappa shape index (κ1) is 19.8. The van der Waals surface area contributed by atoms with Gasteiger partial charge in [-0.1, -0.05) is 0 Å². The molecule has 1 heterocycles. The third-order valence-corrected chi connectivity index (χ3v) is 4.17. The fourth-order valence-electron chi connectivity index (χ4n) is 2.14. The number of thioether (sulfide) groups is 1. The van der Waals surface area contributed by atoms with E-state index in [0.717, 1.165) is 17.8 Å². The Morgan fingerprint density at radius 2 is 1.85 bits per heavy atom. The number of esters is 1. The Bertz CT molecular complexity index is 817. The zero-order chi connectivity index (χ0) is 19.5. The van der Waals surface area contributed by atoms with E-state index in [1.54, 1.807) is 25.6 Å². The first-order chi connectivity index (χ1) is 12.1. The Labute approximate surface area is 151 Å². The number of rotatable bonds is 5. The molecule has 0 saturated carbocycles. The molecule has 1 aromatic heterocycles. The highest BCUT2D eigenvalue weighted by Crippen LogP contribution is 2.36. The van der Waals surface area contributed by atoms with Crippen molar-refractivity contribution in [1.29, 1.82) is 0 Å². The maximum absolute atomic E-state index is 12.3.